The Hall–Kier alpha value is -1.08. The van der Waals surface area contributed by atoms with E-state index in [-0.39, 0.29) is 12.6 Å². The van der Waals surface area contributed by atoms with Crippen molar-refractivity contribution in [1.82, 2.24) is 14.9 Å². The van der Waals surface area contributed by atoms with Gasteiger partial charge >= 0.3 is 6.18 Å². The highest BCUT2D eigenvalue weighted by atomic mass is 19.4. The van der Waals surface area contributed by atoms with Gasteiger partial charge in [-0.1, -0.05) is 6.92 Å². The molecule has 4 nitrogen and oxygen atoms in total. The molecule has 0 fully saturated rings. The SMILES string of the molecule is CCCNC(CCOCC(F)(F)F)c1nccn1CC. The van der Waals surface area contributed by atoms with Crippen molar-refractivity contribution in [1.29, 1.82) is 0 Å². The number of aromatic nitrogens is 2. The normalized spacial score (nSPS) is 13.7. The molecule has 0 aliphatic carbocycles. The number of alkyl halides is 3. The zero-order valence-corrected chi connectivity index (χ0v) is 11.9. The Morgan fingerprint density at radius 1 is 1.40 bits per heavy atom. The molecule has 7 heteroatoms. The summed E-state index contributed by atoms with van der Waals surface area (Å²) < 4.78 is 42.7. The summed E-state index contributed by atoms with van der Waals surface area (Å²) >= 11 is 0. The molecule has 0 spiro atoms. The van der Waals surface area contributed by atoms with Gasteiger partial charge in [-0.05, 0) is 26.3 Å². The molecule has 0 saturated carbocycles. The summed E-state index contributed by atoms with van der Waals surface area (Å²) in [5.74, 6) is 0.844. The van der Waals surface area contributed by atoms with E-state index in [1.54, 1.807) is 6.20 Å². The number of rotatable bonds is 9. The summed E-state index contributed by atoms with van der Waals surface area (Å²) in [5.41, 5.74) is 0. The average molecular weight is 293 g/mol. The molecule has 0 bridgehead atoms. The first-order valence-electron chi connectivity index (χ1n) is 6.86. The quantitative estimate of drug-likeness (QED) is 0.712. The van der Waals surface area contributed by atoms with Gasteiger partial charge in [0.15, 0.2) is 0 Å². The predicted octanol–water partition coefficient (Wildman–Crippen LogP) is 2.91. The minimum absolute atomic E-state index is 0.0530. The van der Waals surface area contributed by atoms with Crippen molar-refractivity contribution in [3.63, 3.8) is 0 Å². The zero-order chi connectivity index (χ0) is 15.0. The second kappa shape index (κ2) is 8.26. The number of ether oxygens (including phenoxy) is 1. The fourth-order valence-electron chi connectivity index (χ4n) is 1.93. The van der Waals surface area contributed by atoms with E-state index in [4.69, 9.17) is 0 Å². The summed E-state index contributed by atoms with van der Waals surface area (Å²) in [6.45, 7) is 4.47. The zero-order valence-electron chi connectivity index (χ0n) is 11.9. The van der Waals surface area contributed by atoms with Gasteiger partial charge in [0.25, 0.3) is 0 Å². The molecule has 0 saturated heterocycles. The van der Waals surface area contributed by atoms with Crippen molar-refractivity contribution in [3.8, 4) is 0 Å². The molecule has 1 heterocycles. The van der Waals surface area contributed by atoms with E-state index in [1.165, 1.54) is 0 Å². The van der Waals surface area contributed by atoms with Crippen LogP contribution >= 0.6 is 0 Å². The van der Waals surface area contributed by atoms with Gasteiger partial charge in [-0.2, -0.15) is 13.2 Å². The van der Waals surface area contributed by atoms with Crippen molar-refractivity contribution >= 4 is 0 Å². The monoisotopic (exact) mass is 293 g/mol. The Morgan fingerprint density at radius 3 is 2.75 bits per heavy atom. The van der Waals surface area contributed by atoms with Crippen LogP contribution in [0.15, 0.2) is 12.4 Å². The number of nitrogens with one attached hydrogen (secondary N) is 1. The molecule has 1 aromatic heterocycles. The van der Waals surface area contributed by atoms with Crippen LogP contribution in [0.3, 0.4) is 0 Å². The van der Waals surface area contributed by atoms with Gasteiger partial charge in [0, 0.05) is 25.5 Å². The Morgan fingerprint density at radius 2 is 2.15 bits per heavy atom. The Balaban J connectivity index is 2.52. The minimum Gasteiger partial charge on any atom is -0.372 e. The van der Waals surface area contributed by atoms with E-state index < -0.39 is 12.8 Å². The van der Waals surface area contributed by atoms with Crippen LogP contribution in [0.4, 0.5) is 13.2 Å². The molecule has 1 aromatic rings. The standard InChI is InChI=1S/C13H22F3N3O/c1-3-6-17-11(5-9-20-10-13(14,15)16)12-18-7-8-19(12)4-2/h7-8,11,17H,3-6,9-10H2,1-2H3. The number of hydrogen-bond acceptors (Lipinski definition) is 3. The van der Waals surface area contributed by atoms with Crippen molar-refractivity contribution < 1.29 is 17.9 Å². The third-order valence-corrected chi connectivity index (χ3v) is 2.86. The van der Waals surface area contributed by atoms with Gasteiger partial charge in [-0.15, -0.1) is 0 Å². The molecule has 1 rings (SSSR count). The fraction of sp³-hybridized carbons (Fsp3) is 0.769. The van der Waals surface area contributed by atoms with Crippen LogP contribution < -0.4 is 5.32 Å². The molecule has 20 heavy (non-hydrogen) atoms. The van der Waals surface area contributed by atoms with E-state index >= 15 is 0 Å². The number of aryl methyl sites for hydroxylation is 1. The molecule has 1 unspecified atom stereocenters. The summed E-state index contributed by atoms with van der Waals surface area (Å²) in [7, 11) is 0. The summed E-state index contributed by atoms with van der Waals surface area (Å²) in [5, 5.41) is 3.30. The van der Waals surface area contributed by atoms with Gasteiger partial charge in [-0.3, -0.25) is 0 Å². The van der Waals surface area contributed by atoms with E-state index in [0.29, 0.717) is 6.42 Å². The van der Waals surface area contributed by atoms with Crippen molar-refractivity contribution in [3.05, 3.63) is 18.2 Å². The Labute approximate surface area is 117 Å². The number of halogens is 3. The molecule has 0 aliphatic rings. The molecule has 0 aromatic carbocycles. The first kappa shape index (κ1) is 17.0. The van der Waals surface area contributed by atoms with Crippen LogP contribution in [0.1, 0.15) is 38.6 Å². The van der Waals surface area contributed by atoms with Crippen LogP contribution in [-0.2, 0) is 11.3 Å². The highest BCUT2D eigenvalue weighted by molar-refractivity contribution is 4.99. The van der Waals surface area contributed by atoms with Gasteiger partial charge < -0.3 is 14.6 Å². The lowest BCUT2D eigenvalue weighted by atomic mass is 10.2. The molecule has 116 valence electrons. The van der Waals surface area contributed by atoms with Crippen LogP contribution in [0.25, 0.3) is 0 Å². The van der Waals surface area contributed by atoms with E-state index in [2.05, 4.69) is 15.0 Å². The largest absolute Gasteiger partial charge is 0.411 e. The number of imidazole rings is 1. The lowest BCUT2D eigenvalue weighted by Gasteiger charge is -2.19. The van der Waals surface area contributed by atoms with E-state index in [9.17, 15) is 13.2 Å². The third kappa shape index (κ3) is 5.92. The Bertz CT molecular complexity index is 379. The van der Waals surface area contributed by atoms with Crippen molar-refractivity contribution in [2.24, 2.45) is 0 Å². The highest BCUT2D eigenvalue weighted by Crippen LogP contribution is 2.18. The van der Waals surface area contributed by atoms with Crippen molar-refractivity contribution in [2.45, 2.75) is 45.5 Å². The highest BCUT2D eigenvalue weighted by Gasteiger charge is 2.27. The minimum atomic E-state index is -4.27. The third-order valence-electron chi connectivity index (χ3n) is 2.86. The van der Waals surface area contributed by atoms with Gasteiger partial charge in [0.2, 0.25) is 0 Å². The lowest BCUT2D eigenvalue weighted by Crippen LogP contribution is -2.27. The summed E-state index contributed by atoms with van der Waals surface area (Å²) in [6, 6.07) is -0.0851. The molecule has 1 atom stereocenters. The Kier molecular flexibility index (Phi) is 7.01. The maximum Gasteiger partial charge on any atom is 0.411 e. The maximum absolute atomic E-state index is 12.0. The van der Waals surface area contributed by atoms with Crippen LogP contribution in [0.2, 0.25) is 0 Å². The summed E-state index contributed by atoms with van der Waals surface area (Å²) in [6.07, 6.45) is 0.719. The first-order valence-corrected chi connectivity index (χ1v) is 6.86. The number of hydrogen-bond donors (Lipinski definition) is 1. The molecule has 0 aliphatic heterocycles. The van der Waals surface area contributed by atoms with Gasteiger partial charge in [0.05, 0.1) is 6.04 Å². The maximum atomic E-state index is 12.0. The second-order valence-electron chi connectivity index (χ2n) is 4.53. The first-order chi connectivity index (χ1) is 9.48. The smallest absolute Gasteiger partial charge is 0.372 e. The van der Waals surface area contributed by atoms with E-state index in [1.807, 2.05) is 24.6 Å². The average Bonchev–Trinajstić information content (AvgIpc) is 2.85. The fourth-order valence-corrected chi connectivity index (χ4v) is 1.93. The lowest BCUT2D eigenvalue weighted by molar-refractivity contribution is -0.174. The molecule has 1 N–H and O–H groups in total. The molecular weight excluding hydrogens is 271 g/mol. The number of nitrogens with zero attached hydrogens (tertiary/aromatic N) is 2. The predicted molar refractivity (Wildman–Crippen MR) is 70.4 cm³/mol. The van der Waals surface area contributed by atoms with Crippen LogP contribution in [0, 0.1) is 0 Å². The summed E-state index contributed by atoms with van der Waals surface area (Å²) in [4.78, 5) is 4.29. The van der Waals surface area contributed by atoms with Crippen molar-refractivity contribution in [2.75, 3.05) is 19.8 Å². The molecular formula is C13H22F3N3O. The topological polar surface area (TPSA) is 39.1 Å². The van der Waals surface area contributed by atoms with Gasteiger partial charge in [0.1, 0.15) is 12.4 Å². The second-order valence-corrected chi connectivity index (χ2v) is 4.53. The van der Waals surface area contributed by atoms with Crippen LogP contribution in [-0.4, -0.2) is 35.5 Å². The van der Waals surface area contributed by atoms with Gasteiger partial charge in [-0.25, -0.2) is 4.98 Å². The van der Waals surface area contributed by atoms with Crippen LogP contribution in [0.5, 0.6) is 0 Å². The van der Waals surface area contributed by atoms with E-state index in [0.717, 1.165) is 25.3 Å². The molecule has 0 radical (unpaired) electrons. The molecule has 0 amide bonds.